The predicted octanol–water partition coefficient (Wildman–Crippen LogP) is 1.46. The Morgan fingerprint density at radius 3 is 2.59 bits per heavy atom. The van der Waals surface area contributed by atoms with Crippen LogP contribution in [0.1, 0.15) is 25.8 Å². The van der Waals surface area contributed by atoms with Crippen LogP contribution in [0.3, 0.4) is 0 Å². The molecule has 0 spiro atoms. The number of rotatable bonds is 5. The molecule has 2 atom stereocenters. The van der Waals surface area contributed by atoms with Gasteiger partial charge in [0.05, 0.1) is 0 Å². The van der Waals surface area contributed by atoms with E-state index in [1.165, 1.54) is 18.7 Å². The maximum Gasteiger partial charge on any atom is 0.323 e. The Balaban J connectivity index is 2.58. The SMILES string of the molecule is Cc1cnc(SC(C)CC(C)(N)C(=O)O)nc1. The van der Waals surface area contributed by atoms with E-state index in [0.29, 0.717) is 11.6 Å². The molecule has 1 aromatic rings. The van der Waals surface area contributed by atoms with Crippen molar-refractivity contribution >= 4 is 17.7 Å². The number of nitrogens with zero attached hydrogens (tertiary/aromatic N) is 2. The van der Waals surface area contributed by atoms with E-state index in [1.54, 1.807) is 12.4 Å². The van der Waals surface area contributed by atoms with E-state index in [1.807, 2.05) is 13.8 Å². The molecule has 0 aliphatic heterocycles. The summed E-state index contributed by atoms with van der Waals surface area (Å²) in [5.74, 6) is -0.991. The van der Waals surface area contributed by atoms with E-state index < -0.39 is 11.5 Å². The van der Waals surface area contributed by atoms with Crippen LogP contribution >= 0.6 is 11.8 Å². The Morgan fingerprint density at radius 2 is 2.12 bits per heavy atom. The van der Waals surface area contributed by atoms with Gasteiger partial charge in [-0.1, -0.05) is 18.7 Å². The zero-order valence-electron chi connectivity index (χ0n) is 10.2. The standard InChI is InChI=1S/C11H17N3O2S/c1-7-5-13-10(14-6-7)17-8(2)4-11(3,12)9(15)16/h5-6,8H,4,12H2,1-3H3,(H,15,16). The van der Waals surface area contributed by atoms with E-state index in [2.05, 4.69) is 9.97 Å². The fraction of sp³-hybridized carbons (Fsp3) is 0.545. The van der Waals surface area contributed by atoms with Crippen molar-refractivity contribution in [3.63, 3.8) is 0 Å². The summed E-state index contributed by atoms with van der Waals surface area (Å²) in [7, 11) is 0. The molecule has 0 amide bonds. The molecule has 6 heteroatoms. The van der Waals surface area contributed by atoms with Crippen LogP contribution in [0.2, 0.25) is 0 Å². The summed E-state index contributed by atoms with van der Waals surface area (Å²) < 4.78 is 0. The van der Waals surface area contributed by atoms with Gasteiger partial charge < -0.3 is 10.8 Å². The number of carboxylic acid groups (broad SMARTS) is 1. The molecule has 0 aromatic carbocycles. The third kappa shape index (κ3) is 4.32. The zero-order valence-corrected chi connectivity index (χ0v) is 11.0. The number of aliphatic carboxylic acids is 1. The van der Waals surface area contributed by atoms with Crippen molar-refractivity contribution in [1.29, 1.82) is 0 Å². The molecule has 0 bridgehead atoms. The minimum absolute atomic E-state index is 0.0452. The lowest BCUT2D eigenvalue weighted by molar-refractivity contribution is -0.142. The van der Waals surface area contributed by atoms with Gasteiger partial charge in [-0.25, -0.2) is 9.97 Å². The zero-order chi connectivity index (χ0) is 13.1. The Labute approximate surface area is 105 Å². The van der Waals surface area contributed by atoms with Gasteiger partial charge in [0, 0.05) is 17.6 Å². The number of carboxylic acids is 1. The summed E-state index contributed by atoms with van der Waals surface area (Å²) >= 11 is 1.43. The summed E-state index contributed by atoms with van der Waals surface area (Å²) in [5, 5.41) is 9.62. The lowest BCUT2D eigenvalue weighted by atomic mass is 9.98. The van der Waals surface area contributed by atoms with Crippen LogP contribution in [0.15, 0.2) is 17.6 Å². The summed E-state index contributed by atoms with van der Waals surface area (Å²) in [5.41, 5.74) is 5.47. The first-order chi connectivity index (χ1) is 7.81. The first kappa shape index (κ1) is 13.9. The first-order valence-electron chi connectivity index (χ1n) is 5.29. The van der Waals surface area contributed by atoms with Crippen molar-refractivity contribution in [3.05, 3.63) is 18.0 Å². The van der Waals surface area contributed by atoms with E-state index in [4.69, 9.17) is 10.8 Å². The number of carbonyl (C=O) groups is 1. The third-order valence-electron chi connectivity index (χ3n) is 2.26. The second-order valence-electron chi connectivity index (χ2n) is 4.40. The molecule has 0 aliphatic carbocycles. The monoisotopic (exact) mass is 255 g/mol. The number of nitrogens with two attached hydrogens (primary N) is 1. The van der Waals surface area contributed by atoms with E-state index in [0.717, 1.165) is 5.56 Å². The van der Waals surface area contributed by atoms with Crippen LogP contribution in [-0.2, 0) is 4.79 Å². The molecular formula is C11H17N3O2S. The summed E-state index contributed by atoms with van der Waals surface area (Å²) in [4.78, 5) is 19.2. The highest BCUT2D eigenvalue weighted by Gasteiger charge is 2.30. The highest BCUT2D eigenvalue weighted by molar-refractivity contribution is 7.99. The van der Waals surface area contributed by atoms with Crippen molar-refractivity contribution in [2.45, 2.75) is 43.1 Å². The average Bonchev–Trinajstić information content (AvgIpc) is 2.20. The number of aryl methyl sites for hydroxylation is 1. The van der Waals surface area contributed by atoms with Crippen molar-refractivity contribution in [2.75, 3.05) is 0 Å². The molecule has 2 unspecified atom stereocenters. The van der Waals surface area contributed by atoms with Crippen LogP contribution in [0.5, 0.6) is 0 Å². The smallest absolute Gasteiger partial charge is 0.323 e. The Morgan fingerprint density at radius 1 is 1.59 bits per heavy atom. The molecule has 1 aromatic heterocycles. The fourth-order valence-corrected chi connectivity index (χ4v) is 2.36. The van der Waals surface area contributed by atoms with Gasteiger partial charge in [-0.15, -0.1) is 0 Å². The lowest BCUT2D eigenvalue weighted by Gasteiger charge is -2.22. The topological polar surface area (TPSA) is 89.1 Å². The van der Waals surface area contributed by atoms with Crippen molar-refractivity contribution in [1.82, 2.24) is 9.97 Å². The molecule has 0 saturated heterocycles. The lowest BCUT2D eigenvalue weighted by Crippen LogP contribution is -2.46. The van der Waals surface area contributed by atoms with Crippen LogP contribution in [0, 0.1) is 6.92 Å². The van der Waals surface area contributed by atoms with Gasteiger partial charge in [0.1, 0.15) is 5.54 Å². The maximum atomic E-state index is 10.9. The molecule has 5 nitrogen and oxygen atoms in total. The molecule has 0 aliphatic rings. The molecule has 1 heterocycles. The van der Waals surface area contributed by atoms with Crippen molar-refractivity contribution in [2.24, 2.45) is 5.73 Å². The molecule has 94 valence electrons. The second-order valence-corrected chi connectivity index (χ2v) is 5.80. The second kappa shape index (κ2) is 5.46. The van der Waals surface area contributed by atoms with Gasteiger partial charge in [0.15, 0.2) is 5.16 Å². The van der Waals surface area contributed by atoms with Crippen molar-refractivity contribution < 1.29 is 9.90 Å². The van der Waals surface area contributed by atoms with Crippen LogP contribution < -0.4 is 5.73 Å². The van der Waals surface area contributed by atoms with Crippen molar-refractivity contribution in [3.8, 4) is 0 Å². The quantitative estimate of drug-likeness (QED) is 0.611. The number of thioether (sulfide) groups is 1. The molecule has 0 radical (unpaired) electrons. The van der Waals surface area contributed by atoms with E-state index >= 15 is 0 Å². The molecule has 0 fully saturated rings. The summed E-state index contributed by atoms with van der Waals surface area (Å²) in [6, 6.07) is 0. The third-order valence-corrected chi connectivity index (χ3v) is 3.25. The predicted molar refractivity (Wildman–Crippen MR) is 66.9 cm³/mol. The Kier molecular flexibility index (Phi) is 4.47. The van der Waals surface area contributed by atoms with Crippen LogP contribution in [-0.4, -0.2) is 31.8 Å². The highest BCUT2D eigenvalue weighted by atomic mass is 32.2. The summed E-state index contributed by atoms with van der Waals surface area (Å²) in [6.07, 6.45) is 3.84. The van der Waals surface area contributed by atoms with E-state index in [9.17, 15) is 4.79 Å². The maximum absolute atomic E-state index is 10.9. The average molecular weight is 255 g/mol. The number of aromatic nitrogens is 2. The van der Waals surface area contributed by atoms with Crippen LogP contribution in [0.4, 0.5) is 0 Å². The molecule has 17 heavy (non-hydrogen) atoms. The molecule has 3 N–H and O–H groups in total. The van der Waals surface area contributed by atoms with Gasteiger partial charge in [-0.3, -0.25) is 4.79 Å². The highest BCUT2D eigenvalue weighted by Crippen LogP contribution is 2.25. The molecule has 1 rings (SSSR count). The number of hydrogen-bond acceptors (Lipinski definition) is 5. The van der Waals surface area contributed by atoms with E-state index in [-0.39, 0.29) is 5.25 Å². The minimum atomic E-state index is -1.21. The van der Waals surface area contributed by atoms with Crippen LogP contribution in [0.25, 0.3) is 0 Å². The van der Waals surface area contributed by atoms with Gasteiger partial charge in [-0.05, 0) is 25.8 Å². The van der Waals surface area contributed by atoms with Gasteiger partial charge in [-0.2, -0.15) is 0 Å². The number of hydrogen-bond donors (Lipinski definition) is 2. The molecular weight excluding hydrogens is 238 g/mol. The normalized spacial score (nSPS) is 16.2. The van der Waals surface area contributed by atoms with Gasteiger partial charge in [0.25, 0.3) is 0 Å². The minimum Gasteiger partial charge on any atom is -0.480 e. The van der Waals surface area contributed by atoms with Gasteiger partial charge in [0.2, 0.25) is 0 Å². The first-order valence-corrected chi connectivity index (χ1v) is 6.17. The largest absolute Gasteiger partial charge is 0.480 e. The summed E-state index contributed by atoms with van der Waals surface area (Å²) in [6.45, 7) is 5.35. The van der Waals surface area contributed by atoms with Gasteiger partial charge >= 0.3 is 5.97 Å². The Bertz CT molecular complexity index is 392. The molecule has 0 saturated carbocycles. The Hall–Kier alpha value is -1.14. The fourth-order valence-electron chi connectivity index (χ4n) is 1.35.